The molecule has 2 heterocycles. The molecule has 0 spiro atoms. The number of hydrogen-bond donors (Lipinski definition) is 2. The first kappa shape index (κ1) is 18.5. The van der Waals surface area contributed by atoms with E-state index in [0.29, 0.717) is 17.1 Å². The monoisotopic (exact) mass is 392 g/mol. The Morgan fingerprint density at radius 2 is 1.81 bits per heavy atom. The van der Waals surface area contributed by atoms with E-state index in [1.807, 2.05) is 23.9 Å². The molecule has 0 unspecified atom stereocenters. The van der Waals surface area contributed by atoms with Crippen LogP contribution in [0.3, 0.4) is 0 Å². The molecule has 0 saturated carbocycles. The van der Waals surface area contributed by atoms with Crippen molar-refractivity contribution in [3.63, 3.8) is 0 Å². The molecule has 2 aromatic rings. The summed E-state index contributed by atoms with van der Waals surface area (Å²) in [6.07, 6.45) is 1.08. The minimum atomic E-state index is -3.34. The number of thioether (sulfide) groups is 1. The third-order valence-corrected chi connectivity index (χ3v) is 5.31. The van der Waals surface area contributed by atoms with Gasteiger partial charge in [-0.1, -0.05) is 6.07 Å². The molecule has 0 radical (unpaired) electrons. The fraction of sp³-hybridized carbons (Fsp3) is 0.294. The van der Waals surface area contributed by atoms with Crippen molar-refractivity contribution in [3.05, 3.63) is 48.0 Å². The van der Waals surface area contributed by atoms with Crippen molar-refractivity contribution in [2.24, 2.45) is 0 Å². The summed E-state index contributed by atoms with van der Waals surface area (Å²) in [6.45, 7) is 1.90. The molecule has 0 aliphatic carbocycles. The van der Waals surface area contributed by atoms with Crippen LogP contribution >= 0.6 is 11.8 Å². The van der Waals surface area contributed by atoms with Crippen LogP contribution in [0.25, 0.3) is 0 Å². The van der Waals surface area contributed by atoms with E-state index >= 15 is 0 Å². The van der Waals surface area contributed by atoms with E-state index in [-0.39, 0.29) is 5.91 Å². The molecule has 7 nitrogen and oxygen atoms in total. The van der Waals surface area contributed by atoms with Crippen molar-refractivity contribution in [1.82, 2.24) is 4.98 Å². The summed E-state index contributed by atoms with van der Waals surface area (Å²) in [5.74, 6) is 3.20. The van der Waals surface area contributed by atoms with Gasteiger partial charge in [-0.3, -0.25) is 9.52 Å². The van der Waals surface area contributed by atoms with Crippen LogP contribution in [0.1, 0.15) is 10.4 Å². The molecule has 1 aromatic carbocycles. The van der Waals surface area contributed by atoms with Crippen molar-refractivity contribution >= 4 is 45.0 Å². The van der Waals surface area contributed by atoms with E-state index in [1.165, 1.54) is 0 Å². The van der Waals surface area contributed by atoms with Gasteiger partial charge in [-0.05, 0) is 36.4 Å². The normalized spacial score (nSPS) is 14.7. The number of carbonyl (C=O) groups excluding carboxylic acids is 1. The smallest absolute Gasteiger partial charge is 0.256 e. The Bertz CT molecular complexity index is 879. The van der Waals surface area contributed by atoms with E-state index in [1.54, 1.807) is 30.3 Å². The fourth-order valence-electron chi connectivity index (χ4n) is 2.55. The third-order valence-electron chi connectivity index (χ3n) is 3.76. The summed E-state index contributed by atoms with van der Waals surface area (Å²) in [7, 11) is -3.34. The summed E-state index contributed by atoms with van der Waals surface area (Å²) in [6, 6.07) is 11.8. The lowest BCUT2D eigenvalue weighted by molar-refractivity contribution is 0.102. The number of nitrogens with one attached hydrogen (secondary N) is 2. The average Bonchev–Trinajstić information content (AvgIpc) is 2.62. The first-order valence-electron chi connectivity index (χ1n) is 8.10. The number of carbonyl (C=O) groups is 1. The molecule has 1 aliphatic heterocycles. The Balaban J connectivity index is 1.67. The van der Waals surface area contributed by atoms with Crippen molar-refractivity contribution in [2.45, 2.75) is 0 Å². The van der Waals surface area contributed by atoms with E-state index in [9.17, 15) is 13.2 Å². The van der Waals surface area contributed by atoms with Gasteiger partial charge in [0.2, 0.25) is 10.0 Å². The number of amides is 1. The lowest BCUT2D eigenvalue weighted by Crippen LogP contribution is -2.33. The highest BCUT2D eigenvalue weighted by atomic mass is 32.2. The van der Waals surface area contributed by atoms with E-state index in [4.69, 9.17) is 0 Å². The molecule has 2 N–H and O–H groups in total. The standard InChI is InChI=1S/C17H20N4O3S2/c1-26(23,24)20-14-7-5-13(6-8-14)17(22)19-15-3-2-4-16(18-15)21-9-11-25-12-10-21/h2-8,20H,9-12H2,1H3,(H,18,19,22). The predicted octanol–water partition coefficient (Wildman–Crippen LogP) is 2.26. The molecular formula is C17H20N4O3S2. The van der Waals surface area contributed by atoms with Gasteiger partial charge >= 0.3 is 0 Å². The number of hydrogen-bond acceptors (Lipinski definition) is 6. The van der Waals surface area contributed by atoms with E-state index in [0.717, 1.165) is 36.7 Å². The van der Waals surface area contributed by atoms with Gasteiger partial charge in [0.05, 0.1) is 6.26 Å². The highest BCUT2D eigenvalue weighted by Crippen LogP contribution is 2.19. The topological polar surface area (TPSA) is 91.4 Å². The summed E-state index contributed by atoms with van der Waals surface area (Å²) in [4.78, 5) is 19.1. The Labute approximate surface area is 157 Å². The summed E-state index contributed by atoms with van der Waals surface area (Å²) in [5, 5.41) is 2.78. The molecule has 26 heavy (non-hydrogen) atoms. The van der Waals surface area contributed by atoms with Crippen molar-refractivity contribution < 1.29 is 13.2 Å². The zero-order chi connectivity index (χ0) is 18.6. The highest BCUT2D eigenvalue weighted by molar-refractivity contribution is 7.99. The van der Waals surface area contributed by atoms with Crippen molar-refractivity contribution in [3.8, 4) is 0 Å². The minimum Gasteiger partial charge on any atom is -0.355 e. The number of nitrogens with zero attached hydrogens (tertiary/aromatic N) is 2. The molecule has 1 amide bonds. The average molecular weight is 393 g/mol. The summed E-state index contributed by atoms with van der Waals surface area (Å²) in [5.41, 5.74) is 0.831. The van der Waals surface area contributed by atoms with Crippen LogP contribution in [0, 0.1) is 0 Å². The van der Waals surface area contributed by atoms with Gasteiger partial charge < -0.3 is 10.2 Å². The predicted molar refractivity (Wildman–Crippen MR) is 107 cm³/mol. The number of sulfonamides is 1. The zero-order valence-corrected chi connectivity index (χ0v) is 15.9. The maximum atomic E-state index is 12.4. The van der Waals surface area contributed by atoms with Gasteiger partial charge in [0.1, 0.15) is 11.6 Å². The molecule has 9 heteroatoms. The summed E-state index contributed by atoms with van der Waals surface area (Å²) < 4.78 is 24.8. The molecule has 3 rings (SSSR count). The highest BCUT2D eigenvalue weighted by Gasteiger charge is 2.14. The number of aromatic nitrogens is 1. The molecule has 1 saturated heterocycles. The minimum absolute atomic E-state index is 0.297. The SMILES string of the molecule is CS(=O)(=O)Nc1ccc(C(=O)Nc2cccc(N3CCSCC3)n2)cc1. The molecule has 138 valence electrons. The van der Waals surface area contributed by atoms with Crippen LogP contribution in [0.2, 0.25) is 0 Å². The van der Waals surface area contributed by atoms with Gasteiger partial charge in [0.15, 0.2) is 0 Å². The number of anilines is 3. The molecule has 0 atom stereocenters. The Morgan fingerprint density at radius 3 is 2.46 bits per heavy atom. The van der Waals surface area contributed by atoms with Crippen LogP contribution in [-0.4, -0.2) is 50.2 Å². The Morgan fingerprint density at radius 1 is 1.12 bits per heavy atom. The number of pyridine rings is 1. The second kappa shape index (κ2) is 7.96. The quantitative estimate of drug-likeness (QED) is 0.811. The lowest BCUT2D eigenvalue weighted by atomic mass is 10.2. The van der Waals surface area contributed by atoms with Crippen LogP contribution in [0.5, 0.6) is 0 Å². The first-order valence-corrected chi connectivity index (χ1v) is 11.1. The van der Waals surface area contributed by atoms with Crippen molar-refractivity contribution in [1.29, 1.82) is 0 Å². The van der Waals surface area contributed by atoms with Gasteiger partial charge in [-0.25, -0.2) is 13.4 Å². The van der Waals surface area contributed by atoms with Gasteiger partial charge in [-0.2, -0.15) is 11.8 Å². The first-order chi connectivity index (χ1) is 12.4. The second-order valence-electron chi connectivity index (χ2n) is 5.89. The van der Waals surface area contributed by atoms with Crippen molar-refractivity contribution in [2.75, 3.05) is 45.8 Å². The zero-order valence-electron chi connectivity index (χ0n) is 14.3. The fourth-order valence-corrected chi connectivity index (χ4v) is 4.02. The largest absolute Gasteiger partial charge is 0.355 e. The molecular weight excluding hydrogens is 372 g/mol. The maximum absolute atomic E-state index is 12.4. The molecule has 0 bridgehead atoms. The Kier molecular flexibility index (Phi) is 5.67. The molecule has 1 aliphatic rings. The number of benzene rings is 1. The maximum Gasteiger partial charge on any atom is 0.256 e. The van der Waals surface area contributed by atoms with Crippen LogP contribution in [0.15, 0.2) is 42.5 Å². The third kappa shape index (κ3) is 5.12. The number of rotatable bonds is 5. The Hall–Kier alpha value is -2.26. The van der Waals surface area contributed by atoms with E-state index < -0.39 is 10.0 Å². The lowest BCUT2D eigenvalue weighted by Gasteiger charge is -2.27. The van der Waals surface area contributed by atoms with E-state index in [2.05, 4.69) is 19.9 Å². The van der Waals surface area contributed by atoms with Crippen LogP contribution in [0.4, 0.5) is 17.3 Å². The van der Waals surface area contributed by atoms with Crippen LogP contribution < -0.4 is 14.9 Å². The second-order valence-corrected chi connectivity index (χ2v) is 8.86. The molecule has 1 aromatic heterocycles. The van der Waals surface area contributed by atoms with Gasteiger partial charge in [-0.15, -0.1) is 0 Å². The van der Waals surface area contributed by atoms with Crippen LogP contribution in [-0.2, 0) is 10.0 Å². The van der Waals surface area contributed by atoms with Gasteiger partial charge in [0, 0.05) is 35.8 Å². The van der Waals surface area contributed by atoms with Gasteiger partial charge in [0.25, 0.3) is 5.91 Å². The summed E-state index contributed by atoms with van der Waals surface area (Å²) >= 11 is 1.93. The molecule has 1 fully saturated rings.